The van der Waals surface area contributed by atoms with Crippen molar-refractivity contribution in [1.82, 2.24) is 14.9 Å². The van der Waals surface area contributed by atoms with Crippen molar-refractivity contribution in [3.05, 3.63) is 18.0 Å². The Kier molecular flexibility index (Phi) is 5.04. The quantitative estimate of drug-likeness (QED) is 0.832. The molecule has 2 saturated heterocycles. The van der Waals surface area contributed by atoms with E-state index in [0.717, 1.165) is 38.1 Å². The third kappa shape index (κ3) is 3.34. The van der Waals surface area contributed by atoms with Crippen LogP contribution in [0.25, 0.3) is 0 Å². The first-order valence-electron chi connectivity index (χ1n) is 8.55. The second-order valence-electron chi connectivity index (χ2n) is 7.23. The van der Waals surface area contributed by atoms with Crippen LogP contribution in [-0.4, -0.2) is 52.0 Å². The molecule has 1 aromatic heterocycles. The molecule has 1 amide bonds. The molecule has 4 rings (SSSR count). The molecule has 3 aliphatic rings. The minimum absolute atomic E-state index is 0. The van der Waals surface area contributed by atoms with Gasteiger partial charge in [-0.3, -0.25) is 4.79 Å². The first-order chi connectivity index (χ1) is 11.8. The zero-order chi connectivity index (χ0) is 17.8. The first-order valence-corrected chi connectivity index (χ1v) is 8.55. The van der Waals surface area contributed by atoms with Gasteiger partial charge in [-0.15, -0.1) is 12.4 Å². The van der Waals surface area contributed by atoms with E-state index < -0.39 is 11.7 Å². The average molecular weight is 392 g/mol. The minimum atomic E-state index is -4.44. The summed E-state index contributed by atoms with van der Waals surface area (Å²) >= 11 is 0. The van der Waals surface area contributed by atoms with E-state index in [1.165, 1.54) is 0 Å². The minimum Gasteiger partial charge on any atom is -0.337 e. The van der Waals surface area contributed by atoms with Crippen LogP contribution in [-0.2, 0) is 11.0 Å². The number of anilines is 1. The van der Waals surface area contributed by atoms with Crippen molar-refractivity contribution >= 4 is 24.3 Å². The van der Waals surface area contributed by atoms with E-state index in [1.54, 1.807) is 0 Å². The molecule has 0 radical (unpaired) electrons. The van der Waals surface area contributed by atoms with Crippen LogP contribution in [0.1, 0.15) is 31.2 Å². The molecule has 0 unspecified atom stereocenters. The number of halogens is 4. The highest BCUT2D eigenvalue weighted by Crippen LogP contribution is 2.37. The van der Waals surface area contributed by atoms with E-state index in [2.05, 4.69) is 9.97 Å². The van der Waals surface area contributed by atoms with Gasteiger partial charge in [0, 0.05) is 49.5 Å². The predicted octanol–water partition coefficient (Wildman–Crippen LogP) is 1.83. The van der Waals surface area contributed by atoms with E-state index in [0.29, 0.717) is 19.0 Å². The molecule has 1 aliphatic carbocycles. The Labute approximate surface area is 155 Å². The summed E-state index contributed by atoms with van der Waals surface area (Å²) in [7, 11) is 0. The molecule has 2 bridgehead atoms. The molecule has 144 valence electrons. The molecule has 0 aromatic carbocycles. The highest BCUT2D eigenvalue weighted by atomic mass is 35.5. The molecule has 3 fully saturated rings. The summed E-state index contributed by atoms with van der Waals surface area (Å²) in [6.45, 7) is 1.12. The van der Waals surface area contributed by atoms with Gasteiger partial charge < -0.3 is 15.5 Å². The molecule has 2 atom stereocenters. The molecule has 2 aliphatic heterocycles. The van der Waals surface area contributed by atoms with E-state index in [4.69, 9.17) is 5.73 Å². The predicted molar refractivity (Wildman–Crippen MR) is 90.9 cm³/mol. The van der Waals surface area contributed by atoms with Gasteiger partial charge in [0.15, 0.2) is 0 Å². The van der Waals surface area contributed by atoms with Crippen molar-refractivity contribution in [1.29, 1.82) is 0 Å². The fourth-order valence-electron chi connectivity index (χ4n) is 4.13. The lowest BCUT2D eigenvalue weighted by Gasteiger charge is -2.44. The number of amides is 1. The SMILES string of the molecule is Cl.NC1CC(C(=O)N2[C@@H]3CC[C@@H]2CN(c2ncc(C(F)(F)F)cn2)C3)C1. The fourth-order valence-corrected chi connectivity index (χ4v) is 4.13. The Balaban J connectivity index is 0.00000196. The van der Waals surface area contributed by atoms with Crippen molar-refractivity contribution < 1.29 is 18.0 Å². The van der Waals surface area contributed by atoms with Gasteiger partial charge in [-0.05, 0) is 25.7 Å². The summed E-state index contributed by atoms with van der Waals surface area (Å²) in [6, 6.07) is 0.288. The number of nitrogens with zero attached hydrogens (tertiary/aromatic N) is 4. The van der Waals surface area contributed by atoms with E-state index in [-0.39, 0.29) is 42.4 Å². The monoisotopic (exact) mass is 391 g/mol. The zero-order valence-corrected chi connectivity index (χ0v) is 14.8. The number of alkyl halides is 3. The number of hydrogen-bond acceptors (Lipinski definition) is 5. The highest BCUT2D eigenvalue weighted by molar-refractivity contribution is 5.85. The van der Waals surface area contributed by atoms with Crippen LogP contribution in [0.15, 0.2) is 12.4 Å². The van der Waals surface area contributed by atoms with Gasteiger partial charge in [-0.25, -0.2) is 9.97 Å². The van der Waals surface area contributed by atoms with Crippen molar-refractivity contribution in [3.63, 3.8) is 0 Å². The van der Waals surface area contributed by atoms with Crippen LogP contribution in [0.2, 0.25) is 0 Å². The lowest BCUT2D eigenvalue weighted by molar-refractivity contribution is -0.142. The molecule has 0 spiro atoms. The number of fused-ring (bicyclic) bond motifs is 2. The third-order valence-electron chi connectivity index (χ3n) is 5.51. The van der Waals surface area contributed by atoms with Crippen LogP contribution >= 0.6 is 12.4 Å². The first kappa shape index (κ1) is 19.2. The normalized spacial score (nSPS) is 30.6. The Morgan fingerprint density at radius 2 is 1.65 bits per heavy atom. The summed E-state index contributed by atoms with van der Waals surface area (Å²) in [5.74, 6) is 0.511. The molecule has 6 nitrogen and oxygen atoms in total. The Morgan fingerprint density at radius 3 is 2.12 bits per heavy atom. The topological polar surface area (TPSA) is 75.4 Å². The summed E-state index contributed by atoms with van der Waals surface area (Å²) < 4.78 is 37.9. The molecule has 3 heterocycles. The number of aromatic nitrogens is 2. The second kappa shape index (κ2) is 6.84. The van der Waals surface area contributed by atoms with Crippen molar-refractivity contribution in [2.24, 2.45) is 11.7 Å². The van der Waals surface area contributed by atoms with Gasteiger partial charge >= 0.3 is 6.18 Å². The largest absolute Gasteiger partial charge is 0.419 e. The maximum absolute atomic E-state index is 12.7. The fraction of sp³-hybridized carbons (Fsp3) is 0.688. The van der Waals surface area contributed by atoms with Crippen LogP contribution in [0.3, 0.4) is 0 Å². The average Bonchev–Trinajstić information content (AvgIpc) is 2.80. The maximum atomic E-state index is 12.7. The smallest absolute Gasteiger partial charge is 0.337 e. The van der Waals surface area contributed by atoms with Crippen molar-refractivity contribution in [2.45, 2.75) is 50.0 Å². The summed E-state index contributed by atoms with van der Waals surface area (Å²) in [6.07, 6.45) is 0.515. The molecular weight excluding hydrogens is 371 g/mol. The molecule has 10 heteroatoms. The number of nitrogens with two attached hydrogens (primary N) is 1. The second-order valence-corrected chi connectivity index (χ2v) is 7.23. The van der Waals surface area contributed by atoms with Gasteiger partial charge in [-0.2, -0.15) is 13.2 Å². The molecular formula is C16H21ClF3N5O. The lowest BCUT2D eigenvalue weighted by Crippen LogP contribution is -2.59. The number of hydrogen-bond donors (Lipinski definition) is 1. The summed E-state index contributed by atoms with van der Waals surface area (Å²) in [5.41, 5.74) is 4.93. The van der Waals surface area contributed by atoms with E-state index in [1.807, 2.05) is 9.80 Å². The number of rotatable bonds is 2. The van der Waals surface area contributed by atoms with Gasteiger partial charge in [0.05, 0.1) is 5.56 Å². The van der Waals surface area contributed by atoms with Crippen LogP contribution in [0, 0.1) is 5.92 Å². The zero-order valence-electron chi connectivity index (χ0n) is 14.0. The standard InChI is InChI=1S/C16H20F3N5O.ClH/c17-16(18,19)10-5-21-15(22-6-10)23-7-12-1-2-13(8-23)24(12)14(25)9-3-11(20)4-9;/h5-6,9,11-13H,1-4,7-8,20H2;1H/t9?,11?,12-,13-;/m1./s1. The Bertz CT molecular complexity index is 651. The Morgan fingerprint density at radius 1 is 1.12 bits per heavy atom. The summed E-state index contributed by atoms with van der Waals surface area (Å²) in [4.78, 5) is 24.3. The molecule has 26 heavy (non-hydrogen) atoms. The van der Waals surface area contributed by atoms with Crippen LogP contribution < -0.4 is 10.6 Å². The van der Waals surface area contributed by atoms with Gasteiger partial charge in [0.1, 0.15) is 0 Å². The van der Waals surface area contributed by atoms with Gasteiger partial charge in [-0.1, -0.05) is 0 Å². The van der Waals surface area contributed by atoms with Gasteiger partial charge in [0.2, 0.25) is 11.9 Å². The van der Waals surface area contributed by atoms with Gasteiger partial charge in [0.25, 0.3) is 0 Å². The Hall–Kier alpha value is -1.61. The molecule has 1 saturated carbocycles. The van der Waals surface area contributed by atoms with Crippen LogP contribution in [0.5, 0.6) is 0 Å². The van der Waals surface area contributed by atoms with E-state index in [9.17, 15) is 18.0 Å². The highest BCUT2D eigenvalue weighted by Gasteiger charge is 2.46. The van der Waals surface area contributed by atoms with E-state index >= 15 is 0 Å². The van der Waals surface area contributed by atoms with Crippen molar-refractivity contribution in [2.75, 3.05) is 18.0 Å². The number of carbonyl (C=O) groups excluding carboxylic acids is 1. The lowest BCUT2D eigenvalue weighted by atomic mass is 9.79. The van der Waals surface area contributed by atoms with Crippen LogP contribution in [0.4, 0.5) is 19.1 Å². The summed E-state index contributed by atoms with van der Waals surface area (Å²) in [5, 5.41) is 0. The van der Waals surface area contributed by atoms with Crippen molar-refractivity contribution in [3.8, 4) is 0 Å². The maximum Gasteiger partial charge on any atom is 0.419 e. The third-order valence-corrected chi connectivity index (χ3v) is 5.51. The number of carbonyl (C=O) groups is 1. The number of piperazine rings is 1. The molecule has 2 N–H and O–H groups in total. The molecule has 1 aromatic rings.